The van der Waals surface area contributed by atoms with Crippen LogP contribution >= 0.6 is 0 Å². The Bertz CT molecular complexity index is 1010. The van der Waals surface area contributed by atoms with Gasteiger partial charge in [-0.15, -0.1) is 0 Å². The Morgan fingerprint density at radius 1 is 1.22 bits per heavy atom. The zero-order chi connectivity index (χ0) is 18.6. The third kappa shape index (κ3) is 2.12. The zero-order valence-corrected chi connectivity index (χ0v) is 14.9. The molecule has 136 valence electrons. The van der Waals surface area contributed by atoms with Crippen LogP contribution in [0.1, 0.15) is 24.5 Å². The predicted octanol–water partition coefficient (Wildman–Crippen LogP) is 2.71. The number of amidine groups is 1. The quantitative estimate of drug-likeness (QED) is 0.843. The maximum atomic E-state index is 9.20. The number of hydrogen-bond acceptors (Lipinski definition) is 6. The largest absolute Gasteiger partial charge is 0.487 e. The lowest BCUT2D eigenvalue weighted by Crippen LogP contribution is -2.59. The van der Waals surface area contributed by atoms with Gasteiger partial charge < -0.3 is 19.9 Å². The van der Waals surface area contributed by atoms with E-state index in [1.807, 2.05) is 37.3 Å². The molecule has 0 aromatic heterocycles. The molecule has 2 aromatic carbocycles. The van der Waals surface area contributed by atoms with Crippen molar-refractivity contribution in [2.24, 2.45) is 10.7 Å². The lowest BCUT2D eigenvalue weighted by Gasteiger charge is -2.47. The highest BCUT2D eigenvalue weighted by atomic mass is 16.6. The van der Waals surface area contributed by atoms with Crippen LogP contribution < -0.4 is 10.5 Å². The molecule has 3 heterocycles. The minimum Gasteiger partial charge on any atom is -0.487 e. The van der Waals surface area contributed by atoms with Gasteiger partial charge in [-0.2, -0.15) is 5.26 Å². The molecule has 3 atom stereocenters. The van der Waals surface area contributed by atoms with Gasteiger partial charge in [0.1, 0.15) is 24.1 Å². The summed E-state index contributed by atoms with van der Waals surface area (Å²) in [6.45, 7) is 2.97. The molecule has 0 bridgehead atoms. The van der Waals surface area contributed by atoms with Gasteiger partial charge in [-0.1, -0.05) is 18.2 Å². The molecule has 0 amide bonds. The summed E-state index contributed by atoms with van der Waals surface area (Å²) >= 11 is 0. The fourth-order valence-electron chi connectivity index (χ4n) is 4.45. The number of nitrogens with two attached hydrogens (primary N) is 1. The van der Waals surface area contributed by atoms with E-state index < -0.39 is 11.1 Å². The summed E-state index contributed by atoms with van der Waals surface area (Å²) in [7, 11) is 0. The summed E-state index contributed by atoms with van der Waals surface area (Å²) in [6, 6.07) is 15.9. The van der Waals surface area contributed by atoms with Crippen LogP contribution in [0.4, 0.5) is 0 Å². The molecule has 2 aromatic rings. The monoisotopic (exact) mass is 361 g/mol. The van der Waals surface area contributed by atoms with Crippen molar-refractivity contribution in [1.29, 1.82) is 5.26 Å². The molecule has 6 heteroatoms. The standard InChI is InChI=1S/C21H19N3O3/c1-20-18(7-8-26-20)27-17-6-5-15(14-4-2-3-13(9-14)11-22)10-16(17)21(20)12-25-19(23)24-21/h2-6,9-10,18H,7-8,12H2,1H3,(H2,23,24). The molecule has 0 saturated carbocycles. The van der Waals surface area contributed by atoms with Gasteiger partial charge in [-0.05, 0) is 42.3 Å². The maximum Gasteiger partial charge on any atom is 0.283 e. The van der Waals surface area contributed by atoms with Crippen LogP contribution in [0.3, 0.4) is 0 Å². The molecule has 1 spiro atoms. The molecule has 3 aliphatic heterocycles. The Balaban J connectivity index is 1.71. The first kappa shape index (κ1) is 16.2. The summed E-state index contributed by atoms with van der Waals surface area (Å²) in [5.41, 5.74) is 8.00. The average molecular weight is 361 g/mol. The van der Waals surface area contributed by atoms with E-state index >= 15 is 0 Å². The molecule has 0 aliphatic carbocycles. The molecule has 2 N–H and O–H groups in total. The molecule has 6 nitrogen and oxygen atoms in total. The van der Waals surface area contributed by atoms with Crippen LogP contribution in [-0.4, -0.2) is 30.9 Å². The van der Waals surface area contributed by atoms with Gasteiger partial charge >= 0.3 is 0 Å². The summed E-state index contributed by atoms with van der Waals surface area (Å²) < 4.78 is 18.0. The summed E-state index contributed by atoms with van der Waals surface area (Å²) in [5.74, 6) is 0.783. The van der Waals surface area contributed by atoms with E-state index in [4.69, 9.17) is 24.9 Å². The van der Waals surface area contributed by atoms with Crippen molar-refractivity contribution < 1.29 is 14.2 Å². The lowest BCUT2D eigenvalue weighted by molar-refractivity contribution is -0.110. The van der Waals surface area contributed by atoms with Gasteiger partial charge in [0.15, 0.2) is 5.54 Å². The smallest absolute Gasteiger partial charge is 0.283 e. The minimum atomic E-state index is -0.741. The van der Waals surface area contributed by atoms with Gasteiger partial charge in [0.25, 0.3) is 6.02 Å². The van der Waals surface area contributed by atoms with E-state index in [1.165, 1.54) is 0 Å². The highest BCUT2D eigenvalue weighted by Crippen LogP contribution is 2.55. The van der Waals surface area contributed by atoms with Crippen molar-refractivity contribution >= 4 is 6.02 Å². The molecular formula is C21H19N3O3. The van der Waals surface area contributed by atoms with E-state index in [2.05, 4.69) is 12.1 Å². The first-order chi connectivity index (χ1) is 13.1. The summed E-state index contributed by atoms with van der Waals surface area (Å²) in [4.78, 5) is 4.72. The molecule has 1 saturated heterocycles. The van der Waals surface area contributed by atoms with Crippen LogP contribution in [0.15, 0.2) is 47.5 Å². The Morgan fingerprint density at radius 3 is 2.85 bits per heavy atom. The molecule has 3 aliphatic rings. The number of aliphatic imine (C=N–C) groups is 1. The number of benzene rings is 2. The fourth-order valence-corrected chi connectivity index (χ4v) is 4.45. The SMILES string of the molecule is CC12OCCC1Oc1ccc(-c3cccc(C#N)c3)cc1C21COC(N)=N1. The van der Waals surface area contributed by atoms with Gasteiger partial charge in [0.05, 0.1) is 18.2 Å². The van der Waals surface area contributed by atoms with E-state index in [0.29, 0.717) is 18.8 Å². The van der Waals surface area contributed by atoms with Crippen LogP contribution in [0, 0.1) is 11.3 Å². The Hall–Kier alpha value is -3.04. The Morgan fingerprint density at radius 2 is 2.07 bits per heavy atom. The van der Waals surface area contributed by atoms with E-state index in [-0.39, 0.29) is 12.1 Å². The van der Waals surface area contributed by atoms with Crippen LogP contribution in [0.5, 0.6) is 5.75 Å². The normalized spacial score (nSPS) is 30.7. The van der Waals surface area contributed by atoms with Crippen molar-refractivity contribution in [3.63, 3.8) is 0 Å². The number of hydrogen-bond donors (Lipinski definition) is 1. The van der Waals surface area contributed by atoms with Gasteiger partial charge in [0.2, 0.25) is 0 Å². The number of rotatable bonds is 1. The molecule has 3 unspecified atom stereocenters. The molecular weight excluding hydrogens is 342 g/mol. The minimum absolute atomic E-state index is 0.101. The highest BCUT2D eigenvalue weighted by molar-refractivity contribution is 5.76. The lowest BCUT2D eigenvalue weighted by atomic mass is 9.71. The molecule has 0 radical (unpaired) electrons. The molecule has 27 heavy (non-hydrogen) atoms. The van der Waals surface area contributed by atoms with Crippen molar-refractivity contribution in [2.75, 3.05) is 13.2 Å². The van der Waals surface area contributed by atoms with Gasteiger partial charge in [-0.3, -0.25) is 0 Å². The molecule has 5 rings (SSSR count). The predicted molar refractivity (Wildman–Crippen MR) is 99.2 cm³/mol. The molecule has 1 fully saturated rings. The Kier molecular flexibility index (Phi) is 3.28. The zero-order valence-electron chi connectivity index (χ0n) is 14.9. The van der Waals surface area contributed by atoms with E-state index in [0.717, 1.165) is 28.9 Å². The number of nitriles is 1. The number of nitrogens with zero attached hydrogens (tertiary/aromatic N) is 2. The topological polar surface area (TPSA) is 89.9 Å². The number of fused-ring (bicyclic) bond motifs is 4. The van der Waals surface area contributed by atoms with Crippen molar-refractivity contribution in [2.45, 2.75) is 30.6 Å². The fraction of sp³-hybridized carbons (Fsp3) is 0.333. The second kappa shape index (κ2) is 5.48. The van der Waals surface area contributed by atoms with Crippen LogP contribution in [-0.2, 0) is 15.0 Å². The number of ether oxygens (including phenoxy) is 3. The average Bonchev–Trinajstić information content (AvgIpc) is 3.27. The Labute approximate surface area is 157 Å². The van der Waals surface area contributed by atoms with Crippen molar-refractivity contribution in [1.82, 2.24) is 0 Å². The highest BCUT2D eigenvalue weighted by Gasteiger charge is 2.64. The van der Waals surface area contributed by atoms with Gasteiger partial charge in [-0.25, -0.2) is 4.99 Å². The van der Waals surface area contributed by atoms with E-state index in [9.17, 15) is 5.26 Å². The second-order valence-electron chi connectivity index (χ2n) is 7.35. The summed E-state index contributed by atoms with van der Waals surface area (Å²) in [5, 5.41) is 9.20. The first-order valence-electron chi connectivity index (χ1n) is 8.99. The van der Waals surface area contributed by atoms with Crippen molar-refractivity contribution in [3.05, 3.63) is 53.6 Å². The first-order valence-corrected chi connectivity index (χ1v) is 8.99. The third-order valence-corrected chi connectivity index (χ3v) is 5.97. The van der Waals surface area contributed by atoms with Gasteiger partial charge in [0, 0.05) is 12.0 Å². The van der Waals surface area contributed by atoms with Crippen LogP contribution in [0.25, 0.3) is 11.1 Å². The van der Waals surface area contributed by atoms with Crippen molar-refractivity contribution in [3.8, 4) is 22.9 Å². The second-order valence-corrected chi connectivity index (χ2v) is 7.35. The third-order valence-electron chi connectivity index (χ3n) is 5.97. The van der Waals surface area contributed by atoms with Crippen LogP contribution in [0.2, 0.25) is 0 Å². The summed E-state index contributed by atoms with van der Waals surface area (Å²) in [6.07, 6.45) is 0.704. The maximum absolute atomic E-state index is 9.20. The van der Waals surface area contributed by atoms with E-state index in [1.54, 1.807) is 6.07 Å².